The van der Waals surface area contributed by atoms with Gasteiger partial charge in [-0.1, -0.05) is 0 Å². The minimum Gasteiger partial charge on any atom is -0.326 e. The van der Waals surface area contributed by atoms with Crippen LogP contribution in [0, 0.1) is 13.5 Å². The highest BCUT2D eigenvalue weighted by Gasteiger charge is 2.17. The number of anilines is 1. The molecule has 4 heterocycles. The molecule has 5 rings (SSSR count). The Morgan fingerprint density at radius 3 is 2.65 bits per heavy atom. The molecular weight excluding hydrogens is 436 g/mol. The van der Waals surface area contributed by atoms with Crippen molar-refractivity contribution in [3.63, 3.8) is 0 Å². The van der Waals surface area contributed by atoms with Gasteiger partial charge in [-0.15, -0.1) is 15.3 Å². The molecule has 0 bridgehead atoms. The fourth-order valence-corrected chi connectivity index (χ4v) is 3.22. The Morgan fingerprint density at radius 1 is 1.18 bits per heavy atom. The van der Waals surface area contributed by atoms with Crippen molar-refractivity contribution in [1.29, 1.82) is 0 Å². The van der Waals surface area contributed by atoms with E-state index in [1.54, 1.807) is 30.6 Å². The van der Waals surface area contributed by atoms with Crippen LogP contribution in [-0.4, -0.2) is 45.5 Å². The topological polar surface area (TPSA) is 148 Å². The number of aryl methyl sites for hydroxylation is 1. The number of aromatic nitrogens is 8. The van der Waals surface area contributed by atoms with Gasteiger partial charge < -0.3 is 5.32 Å². The zero-order valence-corrected chi connectivity index (χ0v) is 18.0. The quantitative estimate of drug-likeness (QED) is 0.305. The second-order valence-electron chi connectivity index (χ2n) is 7.14. The number of rotatable bonds is 5. The lowest BCUT2D eigenvalue weighted by molar-refractivity contribution is -0.114. The van der Waals surface area contributed by atoms with Crippen LogP contribution in [0.25, 0.3) is 27.8 Å². The first-order valence-electron chi connectivity index (χ1n) is 10.0. The molecule has 0 spiro atoms. The second-order valence-corrected chi connectivity index (χ2v) is 7.14. The van der Waals surface area contributed by atoms with E-state index in [4.69, 9.17) is 6.57 Å². The summed E-state index contributed by atoms with van der Waals surface area (Å²) in [5.74, 6) is 0.804. The highest BCUT2D eigenvalue weighted by molar-refractivity contribution is 5.88. The molecule has 0 aliphatic carbocycles. The normalized spacial score (nSPS) is 11.2. The van der Waals surface area contributed by atoms with Crippen molar-refractivity contribution in [2.24, 2.45) is 10.2 Å². The maximum Gasteiger partial charge on any atom is 0.252 e. The van der Waals surface area contributed by atoms with Gasteiger partial charge in [0.2, 0.25) is 11.6 Å². The average molecular weight is 452 g/mol. The molecule has 0 radical (unpaired) electrons. The summed E-state index contributed by atoms with van der Waals surface area (Å²) in [6.45, 7) is 10.7. The minimum absolute atomic E-state index is 0.145. The highest BCUT2D eigenvalue weighted by Crippen LogP contribution is 2.33. The standard InChI is InChI=1S/C21H16N12O/c1-12-17(28-29-19-16(22-3)11-25-32(19)21-23-9-4-10-24-21)20-27-18(31-33(20)30-12)14-5-7-15(8-6-14)26-13(2)34/h4-11,30H,1-2H3,(H,26,34). The van der Waals surface area contributed by atoms with E-state index in [1.165, 1.54) is 22.4 Å². The Labute approximate surface area is 192 Å². The van der Waals surface area contributed by atoms with Gasteiger partial charge in [-0.3, -0.25) is 9.89 Å². The summed E-state index contributed by atoms with van der Waals surface area (Å²) in [5, 5.41) is 23.1. The molecule has 0 saturated heterocycles. The summed E-state index contributed by atoms with van der Waals surface area (Å²) in [5.41, 5.74) is 3.28. The van der Waals surface area contributed by atoms with Crippen molar-refractivity contribution in [2.45, 2.75) is 13.8 Å². The first kappa shape index (κ1) is 20.6. The van der Waals surface area contributed by atoms with Crippen LogP contribution in [0.1, 0.15) is 12.6 Å². The summed E-state index contributed by atoms with van der Waals surface area (Å²) >= 11 is 0. The van der Waals surface area contributed by atoms with Crippen LogP contribution < -0.4 is 5.32 Å². The lowest BCUT2D eigenvalue weighted by Crippen LogP contribution is -2.05. The monoisotopic (exact) mass is 452 g/mol. The van der Waals surface area contributed by atoms with Gasteiger partial charge in [0, 0.05) is 30.6 Å². The maximum absolute atomic E-state index is 11.2. The molecule has 0 saturated carbocycles. The zero-order chi connectivity index (χ0) is 23.7. The van der Waals surface area contributed by atoms with E-state index in [-0.39, 0.29) is 23.4 Å². The number of azo groups is 1. The number of hydrogen-bond donors (Lipinski definition) is 2. The second kappa shape index (κ2) is 8.36. The molecule has 5 aromatic rings. The first-order valence-corrected chi connectivity index (χ1v) is 10.0. The van der Waals surface area contributed by atoms with Crippen LogP contribution >= 0.6 is 0 Å². The van der Waals surface area contributed by atoms with Gasteiger partial charge in [-0.05, 0) is 37.3 Å². The Kier molecular flexibility index (Phi) is 5.07. The fraction of sp³-hybridized carbons (Fsp3) is 0.0952. The minimum atomic E-state index is -0.145. The van der Waals surface area contributed by atoms with E-state index in [2.05, 4.69) is 50.6 Å². The first-order chi connectivity index (χ1) is 16.5. The van der Waals surface area contributed by atoms with Crippen molar-refractivity contribution in [2.75, 3.05) is 5.32 Å². The van der Waals surface area contributed by atoms with Gasteiger partial charge >= 0.3 is 0 Å². The molecule has 13 heteroatoms. The number of carbonyl (C=O) groups excluding carboxylic acids is 1. The fourth-order valence-electron chi connectivity index (χ4n) is 3.22. The van der Waals surface area contributed by atoms with Crippen LogP contribution in [0.5, 0.6) is 0 Å². The lowest BCUT2D eigenvalue weighted by Gasteiger charge is -2.02. The van der Waals surface area contributed by atoms with E-state index < -0.39 is 0 Å². The predicted molar refractivity (Wildman–Crippen MR) is 121 cm³/mol. The Hall–Kier alpha value is -5.25. The number of amides is 1. The van der Waals surface area contributed by atoms with Gasteiger partial charge in [-0.2, -0.15) is 14.4 Å². The summed E-state index contributed by atoms with van der Waals surface area (Å²) in [6.07, 6.45) is 4.53. The number of benzene rings is 1. The summed E-state index contributed by atoms with van der Waals surface area (Å²) in [4.78, 5) is 27.6. The van der Waals surface area contributed by atoms with E-state index in [9.17, 15) is 4.79 Å². The molecular formula is C21H16N12O. The number of fused-ring (bicyclic) bond motifs is 1. The summed E-state index contributed by atoms with van der Waals surface area (Å²) < 4.78 is 2.86. The predicted octanol–water partition coefficient (Wildman–Crippen LogP) is 3.93. The molecule has 1 aromatic carbocycles. The van der Waals surface area contributed by atoms with Gasteiger partial charge in [0.05, 0.1) is 18.5 Å². The molecule has 0 unspecified atom stereocenters. The van der Waals surface area contributed by atoms with Crippen LogP contribution in [-0.2, 0) is 4.79 Å². The molecule has 2 N–H and O–H groups in total. The Balaban J connectivity index is 1.51. The van der Waals surface area contributed by atoms with Crippen molar-refractivity contribution < 1.29 is 4.79 Å². The largest absolute Gasteiger partial charge is 0.326 e. The summed E-state index contributed by atoms with van der Waals surface area (Å²) in [7, 11) is 0. The molecule has 0 aliphatic rings. The number of nitrogens with zero attached hydrogens (tertiary/aromatic N) is 10. The van der Waals surface area contributed by atoms with Gasteiger partial charge in [0.25, 0.3) is 11.6 Å². The molecule has 13 nitrogen and oxygen atoms in total. The van der Waals surface area contributed by atoms with Crippen LogP contribution in [0.4, 0.5) is 22.9 Å². The lowest BCUT2D eigenvalue weighted by atomic mass is 10.2. The molecule has 166 valence electrons. The van der Waals surface area contributed by atoms with Gasteiger partial charge in [0.1, 0.15) is 0 Å². The van der Waals surface area contributed by atoms with E-state index in [1.807, 2.05) is 19.1 Å². The number of hydrogen-bond acceptors (Lipinski definition) is 8. The Bertz CT molecular complexity index is 1570. The van der Waals surface area contributed by atoms with Gasteiger partial charge in [0.15, 0.2) is 17.3 Å². The van der Waals surface area contributed by atoms with E-state index in [0.29, 0.717) is 28.5 Å². The van der Waals surface area contributed by atoms with Crippen molar-refractivity contribution in [3.05, 3.63) is 66.0 Å². The van der Waals surface area contributed by atoms with Gasteiger partial charge in [-0.25, -0.2) is 19.8 Å². The molecule has 0 aliphatic heterocycles. The SMILES string of the molecule is [C-]#[N+]c1cnn(-c2ncccn2)c1N=Nc1c(C)[nH]n2nc(-c3ccc(NC(C)=O)cc3)nc12. The molecule has 0 fully saturated rings. The van der Waals surface area contributed by atoms with E-state index >= 15 is 0 Å². The smallest absolute Gasteiger partial charge is 0.252 e. The number of H-pyrrole nitrogens is 1. The zero-order valence-electron chi connectivity index (χ0n) is 18.0. The van der Waals surface area contributed by atoms with Crippen LogP contribution in [0.2, 0.25) is 0 Å². The number of carbonyl (C=O) groups is 1. The van der Waals surface area contributed by atoms with Crippen molar-refractivity contribution in [3.8, 4) is 17.3 Å². The van der Waals surface area contributed by atoms with Crippen LogP contribution in [0.3, 0.4) is 0 Å². The van der Waals surface area contributed by atoms with Crippen molar-refractivity contribution in [1.82, 2.24) is 39.6 Å². The average Bonchev–Trinajstić information content (AvgIpc) is 3.51. The van der Waals surface area contributed by atoms with E-state index in [0.717, 1.165) is 5.56 Å². The highest BCUT2D eigenvalue weighted by atomic mass is 16.1. The maximum atomic E-state index is 11.2. The Morgan fingerprint density at radius 2 is 1.94 bits per heavy atom. The third-order valence-corrected chi connectivity index (χ3v) is 4.74. The third kappa shape index (κ3) is 3.75. The number of nitrogens with one attached hydrogen (secondary N) is 2. The molecule has 1 amide bonds. The molecule has 34 heavy (non-hydrogen) atoms. The van der Waals surface area contributed by atoms with Crippen molar-refractivity contribution >= 4 is 34.4 Å². The molecule has 4 aromatic heterocycles. The summed E-state index contributed by atoms with van der Waals surface area (Å²) in [6, 6.07) is 8.86. The molecule has 0 atom stereocenters. The third-order valence-electron chi connectivity index (χ3n) is 4.74. The van der Waals surface area contributed by atoms with Crippen LogP contribution in [0.15, 0.2) is 59.2 Å². The number of aromatic amines is 1.